The zero-order chi connectivity index (χ0) is 21.5. The topological polar surface area (TPSA) is 81.8 Å². The number of carbonyl (C=O) groups is 3. The van der Waals surface area contributed by atoms with Gasteiger partial charge in [0, 0.05) is 49.7 Å². The molecule has 0 atom stereocenters. The van der Waals surface area contributed by atoms with Crippen LogP contribution in [0.4, 0.5) is 11.4 Å². The first-order valence-corrected chi connectivity index (χ1v) is 10.2. The van der Waals surface area contributed by atoms with Crippen LogP contribution in [0.25, 0.3) is 0 Å². The summed E-state index contributed by atoms with van der Waals surface area (Å²) in [4.78, 5) is 40.0. The molecule has 2 N–H and O–H groups in total. The Morgan fingerprint density at radius 1 is 0.833 bits per heavy atom. The van der Waals surface area contributed by atoms with Crippen molar-refractivity contribution in [3.63, 3.8) is 0 Å². The van der Waals surface area contributed by atoms with Crippen molar-refractivity contribution in [2.24, 2.45) is 0 Å². The summed E-state index contributed by atoms with van der Waals surface area (Å²) in [5, 5.41) is 5.85. The fraction of sp³-hybridized carbons (Fsp3) is 0.348. The third-order valence-corrected chi connectivity index (χ3v) is 5.05. The molecular formula is C23H28N4O3. The van der Waals surface area contributed by atoms with Crippen LogP contribution in [0.5, 0.6) is 0 Å². The molecular weight excluding hydrogens is 380 g/mol. The van der Waals surface area contributed by atoms with Gasteiger partial charge in [0.05, 0.1) is 6.54 Å². The maximum atomic E-state index is 12.5. The molecule has 0 spiro atoms. The second-order valence-corrected chi connectivity index (χ2v) is 7.61. The van der Waals surface area contributed by atoms with Gasteiger partial charge in [-0.15, -0.1) is 0 Å². The smallest absolute Gasteiger partial charge is 0.253 e. The second-order valence-electron chi connectivity index (χ2n) is 7.61. The van der Waals surface area contributed by atoms with Crippen LogP contribution in [-0.4, -0.2) is 61.3 Å². The minimum Gasteiger partial charge on any atom is -0.376 e. The summed E-state index contributed by atoms with van der Waals surface area (Å²) in [6.45, 7) is 1.74. The van der Waals surface area contributed by atoms with Crippen molar-refractivity contribution in [2.75, 3.05) is 44.4 Å². The molecule has 0 saturated carbocycles. The fourth-order valence-electron chi connectivity index (χ4n) is 3.35. The molecule has 2 aromatic rings. The molecule has 158 valence electrons. The molecule has 1 heterocycles. The van der Waals surface area contributed by atoms with E-state index < -0.39 is 0 Å². The Bertz CT molecular complexity index is 886. The van der Waals surface area contributed by atoms with Crippen molar-refractivity contribution < 1.29 is 14.4 Å². The molecule has 0 radical (unpaired) electrons. The van der Waals surface area contributed by atoms with Gasteiger partial charge in [0.1, 0.15) is 0 Å². The van der Waals surface area contributed by atoms with Crippen LogP contribution in [-0.2, 0) is 4.79 Å². The maximum Gasteiger partial charge on any atom is 0.253 e. The van der Waals surface area contributed by atoms with Crippen molar-refractivity contribution in [1.29, 1.82) is 0 Å². The maximum absolute atomic E-state index is 12.5. The van der Waals surface area contributed by atoms with Crippen LogP contribution < -0.4 is 10.6 Å². The number of carbonyl (C=O) groups excluding carboxylic acids is 3. The van der Waals surface area contributed by atoms with Crippen LogP contribution in [0, 0.1) is 0 Å². The number of rotatable bonds is 6. The van der Waals surface area contributed by atoms with E-state index in [4.69, 9.17) is 0 Å². The molecule has 1 aliphatic rings. The number of benzene rings is 2. The van der Waals surface area contributed by atoms with Gasteiger partial charge >= 0.3 is 0 Å². The molecule has 30 heavy (non-hydrogen) atoms. The van der Waals surface area contributed by atoms with Gasteiger partial charge in [-0.2, -0.15) is 0 Å². The lowest BCUT2D eigenvalue weighted by molar-refractivity contribution is -0.114. The normalized spacial score (nSPS) is 13.5. The third kappa shape index (κ3) is 5.59. The van der Waals surface area contributed by atoms with Gasteiger partial charge < -0.3 is 20.4 Å². The molecule has 3 amide bonds. The van der Waals surface area contributed by atoms with Crippen LogP contribution >= 0.6 is 0 Å². The molecule has 3 rings (SSSR count). The lowest BCUT2D eigenvalue weighted by Gasteiger charge is -2.26. The molecule has 1 fully saturated rings. The number of hydrogen-bond acceptors (Lipinski definition) is 4. The largest absolute Gasteiger partial charge is 0.376 e. The average Bonchev–Trinajstić information content (AvgIpc) is 2.78. The molecule has 2 aromatic carbocycles. The summed E-state index contributed by atoms with van der Waals surface area (Å²) in [6.07, 6.45) is 3.32. The van der Waals surface area contributed by atoms with Gasteiger partial charge in [-0.3, -0.25) is 14.4 Å². The van der Waals surface area contributed by atoms with E-state index in [9.17, 15) is 14.4 Å². The summed E-state index contributed by atoms with van der Waals surface area (Å²) in [7, 11) is 3.39. The van der Waals surface area contributed by atoms with Gasteiger partial charge in [-0.1, -0.05) is 0 Å². The van der Waals surface area contributed by atoms with Gasteiger partial charge in [0.2, 0.25) is 5.91 Å². The number of amides is 3. The van der Waals surface area contributed by atoms with E-state index in [1.807, 2.05) is 17.0 Å². The quantitative estimate of drug-likeness (QED) is 0.770. The standard InChI is InChI=1S/C23H28N4O3/c1-26(2)22(29)17-8-12-20(13-9-17)25-21(28)16-24-19-10-6-18(7-11-19)23(30)27-14-4-3-5-15-27/h6-13,24H,3-5,14-16H2,1-2H3,(H,25,28). The molecule has 1 aliphatic heterocycles. The molecule has 0 aliphatic carbocycles. The van der Waals surface area contributed by atoms with Crippen molar-refractivity contribution in [2.45, 2.75) is 19.3 Å². The van der Waals surface area contributed by atoms with Crippen LogP contribution in [0.2, 0.25) is 0 Å². The number of hydrogen-bond donors (Lipinski definition) is 2. The molecule has 0 aromatic heterocycles. The van der Waals surface area contributed by atoms with Crippen molar-refractivity contribution in [1.82, 2.24) is 9.80 Å². The summed E-state index contributed by atoms with van der Waals surface area (Å²) in [5.41, 5.74) is 2.63. The zero-order valence-corrected chi connectivity index (χ0v) is 17.5. The van der Waals surface area contributed by atoms with E-state index >= 15 is 0 Å². The van der Waals surface area contributed by atoms with Gasteiger partial charge in [0.15, 0.2) is 0 Å². The number of anilines is 2. The minimum atomic E-state index is -0.199. The Labute approximate surface area is 177 Å². The fourth-order valence-corrected chi connectivity index (χ4v) is 3.35. The van der Waals surface area contributed by atoms with Gasteiger partial charge in [-0.25, -0.2) is 0 Å². The van der Waals surface area contributed by atoms with Gasteiger partial charge in [-0.05, 0) is 67.8 Å². The number of nitrogens with one attached hydrogen (secondary N) is 2. The van der Waals surface area contributed by atoms with Crippen LogP contribution in [0.15, 0.2) is 48.5 Å². The zero-order valence-electron chi connectivity index (χ0n) is 17.5. The van der Waals surface area contributed by atoms with E-state index in [1.54, 1.807) is 50.5 Å². The van der Waals surface area contributed by atoms with E-state index in [0.717, 1.165) is 31.6 Å². The Hall–Kier alpha value is -3.35. The third-order valence-electron chi connectivity index (χ3n) is 5.05. The second kappa shape index (κ2) is 9.91. The number of nitrogens with zero attached hydrogens (tertiary/aromatic N) is 2. The first-order chi connectivity index (χ1) is 14.4. The summed E-state index contributed by atoms with van der Waals surface area (Å²) in [5.74, 6) is -0.220. The summed E-state index contributed by atoms with van der Waals surface area (Å²) < 4.78 is 0. The average molecular weight is 409 g/mol. The first kappa shape index (κ1) is 21.4. The molecule has 7 heteroatoms. The minimum absolute atomic E-state index is 0.0650. The first-order valence-electron chi connectivity index (χ1n) is 10.2. The highest BCUT2D eigenvalue weighted by Crippen LogP contribution is 2.16. The van der Waals surface area contributed by atoms with Gasteiger partial charge in [0.25, 0.3) is 11.8 Å². The van der Waals surface area contributed by atoms with Crippen molar-refractivity contribution in [3.05, 3.63) is 59.7 Å². The molecule has 0 unspecified atom stereocenters. The Morgan fingerprint density at radius 2 is 1.40 bits per heavy atom. The van der Waals surface area contributed by atoms with Crippen LogP contribution in [0.1, 0.15) is 40.0 Å². The molecule has 1 saturated heterocycles. The monoisotopic (exact) mass is 408 g/mol. The SMILES string of the molecule is CN(C)C(=O)c1ccc(NC(=O)CNc2ccc(C(=O)N3CCCCC3)cc2)cc1. The van der Waals surface area contributed by atoms with Crippen molar-refractivity contribution in [3.8, 4) is 0 Å². The Kier molecular flexibility index (Phi) is 7.06. The number of likely N-dealkylation sites (tertiary alicyclic amines) is 1. The number of piperidine rings is 1. The summed E-state index contributed by atoms with van der Waals surface area (Å²) in [6, 6.07) is 14.0. The van der Waals surface area contributed by atoms with Crippen LogP contribution in [0.3, 0.4) is 0 Å². The van der Waals surface area contributed by atoms with E-state index in [2.05, 4.69) is 10.6 Å². The molecule has 7 nitrogen and oxygen atoms in total. The summed E-state index contributed by atoms with van der Waals surface area (Å²) >= 11 is 0. The lowest BCUT2D eigenvalue weighted by Crippen LogP contribution is -2.35. The predicted molar refractivity (Wildman–Crippen MR) is 118 cm³/mol. The van der Waals surface area contributed by atoms with E-state index in [-0.39, 0.29) is 24.3 Å². The highest BCUT2D eigenvalue weighted by Gasteiger charge is 2.17. The van der Waals surface area contributed by atoms with E-state index in [0.29, 0.717) is 16.8 Å². The van der Waals surface area contributed by atoms with E-state index in [1.165, 1.54) is 11.3 Å². The van der Waals surface area contributed by atoms with Crippen molar-refractivity contribution >= 4 is 29.1 Å². The lowest BCUT2D eigenvalue weighted by atomic mass is 10.1. The predicted octanol–water partition coefficient (Wildman–Crippen LogP) is 3.07. The highest BCUT2D eigenvalue weighted by atomic mass is 16.2. The highest BCUT2D eigenvalue weighted by molar-refractivity contribution is 5.97. The Morgan fingerprint density at radius 3 is 2.00 bits per heavy atom. The molecule has 0 bridgehead atoms. The Balaban J connectivity index is 1.48.